The lowest BCUT2D eigenvalue weighted by molar-refractivity contribution is -0.438. The quantitative estimate of drug-likeness (QED) is 0.0881. The summed E-state index contributed by atoms with van der Waals surface area (Å²) in [5, 5.41) is 3.44. The molecule has 310 valence electrons. The maximum Gasteiger partial charge on any atom is 0.416 e. The monoisotopic (exact) mass is 837 g/mol. The number of anilines is 2. The zero-order valence-electron chi connectivity index (χ0n) is 33.1. The van der Waals surface area contributed by atoms with Crippen molar-refractivity contribution in [3.05, 3.63) is 136 Å². The Morgan fingerprint density at radius 3 is 2.14 bits per heavy atom. The van der Waals surface area contributed by atoms with Gasteiger partial charge in [0.05, 0.1) is 26.8 Å². The van der Waals surface area contributed by atoms with Crippen LogP contribution in [0.5, 0.6) is 0 Å². The van der Waals surface area contributed by atoms with E-state index >= 15 is 0 Å². The van der Waals surface area contributed by atoms with Crippen molar-refractivity contribution in [2.24, 2.45) is 0 Å². The molecule has 0 spiro atoms. The molecule has 0 saturated heterocycles. The van der Waals surface area contributed by atoms with E-state index in [4.69, 9.17) is 0 Å². The van der Waals surface area contributed by atoms with Crippen LogP contribution >= 0.6 is 0 Å². The minimum Gasteiger partial charge on any atom is -0.748 e. The molecule has 2 N–H and O–H groups in total. The lowest BCUT2D eigenvalue weighted by Crippen LogP contribution is -2.28. The smallest absolute Gasteiger partial charge is 0.416 e. The molecule has 2 heterocycles. The normalized spacial score (nSPS) is 19.2. The van der Waals surface area contributed by atoms with Crippen LogP contribution in [-0.4, -0.2) is 60.8 Å². The summed E-state index contributed by atoms with van der Waals surface area (Å²) in [6.45, 7) is 9.58. The van der Waals surface area contributed by atoms with Crippen molar-refractivity contribution >= 4 is 43.0 Å². The molecule has 0 saturated carbocycles. The number of nitrogens with zero attached hydrogens (tertiary/aromatic N) is 2. The van der Waals surface area contributed by atoms with Crippen molar-refractivity contribution in [2.75, 3.05) is 34.8 Å². The lowest BCUT2D eigenvalue weighted by Gasteiger charge is -2.27. The van der Waals surface area contributed by atoms with E-state index in [0.717, 1.165) is 62.9 Å². The Bertz CT molecular complexity index is 2430. The Labute approximate surface area is 339 Å². The van der Waals surface area contributed by atoms with Crippen molar-refractivity contribution in [1.29, 1.82) is 0 Å². The number of allylic oxidation sites excluding steroid dienone is 7. The highest BCUT2D eigenvalue weighted by Gasteiger charge is 2.44. The first-order valence-corrected chi connectivity index (χ1v) is 22.6. The van der Waals surface area contributed by atoms with Gasteiger partial charge in [0.1, 0.15) is 6.54 Å². The summed E-state index contributed by atoms with van der Waals surface area (Å²) < 4.78 is 109. The summed E-state index contributed by atoms with van der Waals surface area (Å²) in [6.07, 6.45) is 6.64. The molecular weight excluding hydrogens is 788 g/mol. The average molecular weight is 838 g/mol. The fourth-order valence-corrected chi connectivity index (χ4v) is 9.46. The van der Waals surface area contributed by atoms with Gasteiger partial charge in [-0.1, -0.05) is 62.4 Å². The van der Waals surface area contributed by atoms with Crippen molar-refractivity contribution in [1.82, 2.24) is 0 Å². The first-order chi connectivity index (χ1) is 27.2. The second kappa shape index (κ2) is 16.6. The molecule has 0 radical (unpaired) electrons. The average Bonchev–Trinajstić information content (AvgIpc) is 3.69. The summed E-state index contributed by atoms with van der Waals surface area (Å²) >= 11 is 0. The van der Waals surface area contributed by atoms with Gasteiger partial charge in [-0.25, -0.2) is 8.42 Å². The minimum atomic E-state index is -4.47. The van der Waals surface area contributed by atoms with Gasteiger partial charge in [-0.3, -0.25) is 4.55 Å². The zero-order chi connectivity index (χ0) is 42.1. The van der Waals surface area contributed by atoms with Crippen molar-refractivity contribution < 1.29 is 43.7 Å². The topological polar surface area (TPSA) is 130 Å². The molecule has 0 atom stereocenters. The van der Waals surface area contributed by atoms with Gasteiger partial charge in [-0.05, 0) is 99.1 Å². The van der Waals surface area contributed by atoms with Crippen LogP contribution in [0.2, 0.25) is 0 Å². The molecule has 0 fully saturated rings. The number of hydrogen-bond donors (Lipinski definition) is 2. The third-order valence-corrected chi connectivity index (χ3v) is 12.9. The van der Waals surface area contributed by atoms with E-state index in [0.29, 0.717) is 50.9 Å². The van der Waals surface area contributed by atoms with Crippen LogP contribution in [0, 0.1) is 0 Å². The Morgan fingerprint density at radius 2 is 1.47 bits per heavy atom. The Kier molecular flexibility index (Phi) is 12.4. The lowest BCUT2D eigenvalue weighted by atomic mass is 9.81. The Hall–Kier alpha value is -4.50. The second-order valence-electron chi connectivity index (χ2n) is 16.1. The predicted molar refractivity (Wildman–Crippen MR) is 222 cm³/mol. The van der Waals surface area contributed by atoms with Crippen molar-refractivity contribution in [2.45, 2.75) is 83.2 Å². The van der Waals surface area contributed by atoms with Gasteiger partial charge in [0.15, 0.2) is 5.71 Å². The van der Waals surface area contributed by atoms with E-state index in [1.807, 2.05) is 36.4 Å². The summed E-state index contributed by atoms with van der Waals surface area (Å²) in [5.74, 6) is -0.746. The van der Waals surface area contributed by atoms with Crippen LogP contribution in [0.1, 0.15) is 82.9 Å². The van der Waals surface area contributed by atoms with E-state index in [2.05, 4.69) is 78.9 Å². The second-order valence-corrected chi connectivity index (χ2v) is 19.2. The highest BCUT2D eigenvalue weighted by molar-refractivity contribution is 7.85. The fourth-order valence-electron chi connectivity index (χ4n) is 8.33. The number of para-hydroxylation sites is 2. The highest BCUT2D eigenvalue weighted by atomic mass is 32.2. The van der Waals surface area contributed by atoms with E-state index < -0.39 is 48.6 Å². The van der Waals surface area contributed by atoms with E-state index in [1.54, 1.807) is 0 Å². The molecule has 0 amide bonds. The van der Waals surface area contributed by atoms with Gasteiger partial charge in [-0.2, -0.15) is 26.2 Å². The van der Waals surface area contributed by atoms with Gasteiger partial charge in [-0.15, -0.1) is 0 Å². The van der Waals surface area contributed by atoms with E-state index in [1.165, 1.54) is 12.1 Å². The van der Waals surface area contributed by atoms with Crippen LogP contribution in [0.4, 0.5) is 30.2 Å². The molecule has 0 bridgehead atoms. The van der Waals surface area contributed by atoms with Crippen molar-refractivity contribution in [3.8, 4) is 0 Å². The number of hydrogen-bond acceptors (Lipinski definition) is 7. The standard InChI is InChI=1S/C44H50F3N3O6S2/c1-42(2)35-13-5-7-15-37(35)49(27-9-11-29-57(51,52)53)39(42)25-19-31-17-18-32(41(31)48-34-23-21-33(22-24-34)44(45,46)47)20-26-40-43(3,4)36-14-6-8-16-38(36)50(40)28-10-12-30-58(54,55)56/h5-8,13-16,19-26H,9-12,17-18,27-30H2,1-4H3,(H2,51,52,53,54,55,56)/b31-19-,39-25-. The van der Waals surface area contributed by atoms with E-state index in [9.17, 15) is 39.1 Å². The molecule has 1 aliphatic carbocycles. The number of halogens is 3. The molecule has 0 aromatic heterocycles. The molecule has 0 unspecified atom stereocenters. The molecule has 3 aromatic rings. The van der Waals surface area contributed by atoms with Crippen LogP contribution in [0.15, 0.2) is 120 Å². The number of nitrogens with one attached hydrogen (secondary N) is 1. The molecule has 3 aromatic carbocycles. The largest absolute Gasteiger partial charge is 0.748 e. The third kappa shape index (κ3) is 9.68. The maximum atomic E-state index is 13.5. The summed E-state index contributed by atoms with van der Waals surface area (Å²) in [7, 11) is -8.41. The molecule has 3 aliphatic rings. The van der Waals surface area contributed by atoms with Crippen LogP contribution in [0.3, 0.4) is 0 Å². The predicted octanol–water partition coefficient (Wildman–Crippen LogP) is 9.40. The fraction of sp³-hybridized carbons (Fsp3) is 0.386. The Balaban J connectivity index is 1.39. The highest BCUT2D eigenvalue weighted by Crippen LogP contribution is 2.48. The van der Waals surface area contributed by atoms with Gasteiger partial charge < -0.3 is 14.8 Å². The molecule has 6 rings (SSSR count). The molecule has 58 heavy (non-hydrogen) atoms. The first-order valence-electron chi connectivity index (χ1n) is 19.4. The number of fused-ring (bicyclic) bond motifs is 2. The third-order valence-electron chi connectivity index (χ3n) is 11.3. The number of benzene rings is 3. The number of alkyl halides is 3. The molecule has 2 aliphatic heterocycles. The number of unbranched alkanes of at least 4 members (excludes halogenated alkanes) is 2. The van der Waals surface area contributed by atoms with Gasteiger partial charge in [0.25, 0.3) is 10.1 Å². The molecule has 14 heteroatoms. The van der Waals surface area contributed by atoms with Gasteiger partial charge >= 0.3 is 6.18 Å². The molecular formula is C44H50F3N3O6S2. The summed E-state index contributed by atoms with van der Waals surface area (Å²) in [6, 6.07) is 21.1. The van der Waals surface area contributed by atoms with E-state index in [-0.39, 0.29) is 12.2 Å². The summed E-state index contributed by atoms with van der Waals surface area (Å²) in [4.78, 5) is 2.17. The summed E-state index contributed by atoms with van der Waals surface area (Å²) in [5.41, 5.74) is 7.92. The Morgan fingerprint density at radius 1 is 0.810 bits per heavy atom. The SMILES string of the molecule is CC1(C)C(/C=C\C2=C(Nc3ccc(C(F)(F)F)cc3)C(=C\C=C3/N(CCCCS(=O)(=O)[O-])c4ccccc4C3(C)C)/CC2)=[N+](CCCCS(=O)(=O)O)c2ccccc21. The maximum absolute atomic E-state index is 13.5. The zero-order valence-corrected chi connectivity index (χ0v) is 34.8. The first kappa shape index (κ1) is 43.1. The van der Waals surface area contributed by atoms with Crippen molar-refractivity contribution in [3.63, 3.8) is 0 Å². The molecule has 9 nitrogen and oxygen atoms in total. The van der Waals surface area contributed by atoms with Crippen LogP contribution in [-0.2, 0) is 37.2 Å². The number of rotatable bonds is 15. The minimum absolute atomic E-state index is 0.238. The van der Waals surface area contributed by atoms with Crippen LogP contribution in [0.25, 0.3) is 0 Å². The van der Waals surface area contributed by atoms with Crippen LogP contribution < -0.4 is 10.2 Å². The van der Waals surface area contributed by atoms with Gasteiger partial charge in [0, 0.05) is 64.6 Å². The van der Waals surface area contributed by atoms with Gasteiger partial charge in [0.2, 0.25) is 5.69 Å².